The smallest absolute Gasteiger partial charge is 0.0329 e. The summed E-state index contributed by atoms with van der Waals surface area (Å²) in [4.78, 5) is 8.27. The van der Waals surface area contributed by atoms with Gasteiger partial charge < -0.3 is 5.32 Å². The van der Waals surface area contributed by atoms with Gasteiger partial charge >= 0.3 is 0 Å². The second-order valence-corrected chi connectivity index (χ2v) is 7.85. The Bertz CT molecular complexity index is 433. The van der Waals surface area contributed by atoms with E-state index in [2.05, 4.69) is 41.1 Å². The molecule has 1 N–H and O–H groups in total. The summed E-state index contributed by atoms with van der Waals surface area (Å²) in [6.07, 6.45) is 4.01. The van der Waals surface area contributed by atoms with Crippen LogP contribution in [0.25, 0.3) is 0 Å². The van der Waals surface area contributed by atoms with Gasteiger partial charge in [-0.3, -0.25) is 9.80 Å². The van der Waals surface area contributed by atoms with E-state index in [4.69, 9.17) is 0 Å². The predicted molar refractivity (Wildman–Crippen MR) is 90.8 cm³/mol. The average Bonchev–Trinajstić information content (AvgIpc) is 3.25. The quantitative estimate of drug-likeness (QED) is 0.835. The van der Waals surface area contributed by atoms with Crippen molar-refractivity contribution >= 4 is 11.3 Å². The zero-order valence-corrected chi connectivity index (χ0v) is 14.3. The summed E-state index contributed by atoms with van der Waals surface area (Å²) in [5, 5.41) is 3.60. The summed E-state index contributed by atoms with van der Waals surface area (Å²) >= 11 is 1.99. The molecule has 1 saturated heterocycles. The molecule has 1 aliphatic heterocycles. The number of rotatable bonds is 7. The van der Waals surface area contributed by atoms with Gasteiger partial charge in [-0.2, -0.15) is 0 Å². The highest BCUT2D eigenvalue weighted by molar-refractivity contribution is 7.11. The van der Waals surface area contributed by atoms with Crippen LogP contribution in [0.1, 0.15) is 42.9 Å². The molecule has 4 heteroatoms. The Kier molecular flexibility index (Phi) is 5.33. The Morgan fingerprint density at radius 1 is 1.19 bits per heavy atom. The first-order valence-corrected chi connectivity index (χ1v) is 9.33. The van der Waals surface area contributed by atoms with Crippen LogP contribution in [0.3, 0.4) is 0 Å². The monoisotopic (exact) mass is 307 g/mol. The van der Waals surface area contributed by atoms with Gasteiger partial charge in [0.1, 0.15) is 0 Å². The molecule has 1 atom stereocenters. The Hall–Kier alpha value is -0.420. The van der Waals surface area contributed by atoms with E-state index in [1.165, 1.54) is 55.2 Å². The van der Waals surface area contributed by atoms with Crippen LogP contribution in [-0.2, 0) is 13.1 Å². The largest absolute Gasteiger partial charge is 0.309 e. The molecule has 1 aliphatic carbocycles. The highest BCUT2D eigenvalue weighted by Gasteiger charge is 2.21. The van der Waals surface area contributed by atoms with Crippen LogP contribution in [-0.4, -0.2) is 48.1 Å². The fourth-order valence-electron chi connectivity index (χ4n) is 2.98. The third kappa shape index (κ3) is 4.52. The molecule has 3 rings (SSSR count). The minimum absolute atomic E-state index is 0.744. The number of nitrogens with zero attached hydrogens (tertiary/aromatic N) is 2. The van der Waals surface area contributed by atoms with Gasteiger partial charge in [-0.05, 0) is 38.3 Å². The molecule has 1 saturated carbocycles. The van der Waals surface area contributed by atoms with Gasteiger partial charge in [-0.25, -0.2) is 0 Å². The molecule has 0 radical (unpaired) electrons. The summed E-state index contributed by atoms with van der Waals surface area (Å²) in [6.45, 7) is 11.8. The SMILES string of the molecule is CCC(C)N1CCN(Cc2ccc(CNC3CC3)s2)CC1. The maximum atomic E-state index is 3.60. The van der Waals surface area contributed by atoms with Crippen molar-refractivity contribution in [3.05, 3.63) is 21.9 Å². The van der Waals surface area contributed by atoms with E-state index in [0.29, 0.717) is 0 Å². The van der Waals surface area contributed by atoms with Crippen molar-refractivity contribution in [3.63, 3.8) is 0 Å². The molecule has 1 aromatic heterocycles. The first-order chi connectivity index (χ1) is 10.2. The minimum Gasteiger partial charge on any atom is -0.309 e. The minimum atomic E-state index is 0.744. The van der Waals surface area contributed by atoms with Crippen LogP contribution in [0.2, 0.25) is 0 Å². The standard InChI is InChI=1S/C17H29N3S/c1-3-14(2)20-10-8-19(9-11-20)13-17-7-6-16(21-17)12-18-15-4-5-15/h6-7,14-15,18H,3-5,8-13H2,1-2H3. The molecule has 2 heterocycles. The van der Waals surface area contributed by atoms with Gasteiger partial charge in [-0.15, -0.1) is 11.3 Å². The number of piperazine rings is 1. The highest BCUT2D eigenvalue weighted by atomic mass is 32.1. The fraction of sp³-hybridized carbons (Fsp3) is 0.765. The molecule has 0 amide bonds. The zero-order chi connectivity index (χ0) is 14.7. The molecule has 21 heavy (non-hydrogen) atoms. The van der Waals surface area contributed by atoms with Crippen LogP contribution in [0.4, 0.5) is 0 Å². The summed E-state index contributed by atoms with van der Waals surface area (Å²) in [6, 6.07) is 6.19. The Morgan fingerprint density at radius 2 is 1.90 bits per heavy atom. The Labute approximate surface area is 133 Å². The van der Waals surface area contributed by atoms with Crippen LogP contribution >= 0.6 is 11.3 Å². The van der Waals surface area contributed by atoms with Gasteiger partial charge in [0.05, 0.1) is 0 Å². The maximum absolute atomic E-state index is 3.60. The average molecular weight is 308 g/mol. The summed E-state index contributed by atoms with van der Waals surface area (Å²) in [5.41, 5.74) is 0. The number of thiophene rings is 1. The van der Waals surface area contributed by atoms with E-state index < -0.39 is 0 Å². The van der Waals surface area contributed by atoms with Crippen molar-refractivity contribution in [2.24, 2.45) is 0 Å². The molecule has 0 spiro atoms. The van der Waals surface area contributed by atoms with Crippen LogP contribution in [0, 0.1) is 0 Å². The first kappa shape index (κ1) is 15.5. The van der Waals surface area contributed by atoms with Crippen LogP contribution < -0.4 is 5.32 Å². The van der Waals surface area contributed by atoms with Crippen LogP contribution in [0.15, 0.2) is 12.1 Å². The highest BCUT2D eigenvalue weighted by Crippen LogP contribution is 2.23. The van der Waals surface area contributed by atoms with E-state index >= 15 is 0 Å². The normalized spacial score (nSPS) is 22.6. The van der Waals surface area contributed by atoms with E-state index in [9.17, 15) is 0 Å². The third-order valence-corrected chi connectivity index (χ3v) is 5.93. The van der Waals surface area contributed by atoms with Gasteiger partial charge in [0, 0.05) is 61.1 Å². The van der Waals surface area contributed by atoms with Crippen LogP contribution in [0.5, 0.6) is 0 Å². The number of nitrogens with one attached hydrogen (secondary N) is 1. The van der Waals surface area contributed by atoms with Crippen molar-refractivity contribution in [2.75, 3.05) is 26.2 Å². The molecule has 1 aromatic rings. The molecule has 0 bridgehead atoms. The molecule has 0 aromatic carbocycles. The maximum Gasteiger partial charge on any atom is 0.0329 e. The molecule has 1 unspecified atom stereocenters. The molecule has 2 fully saturated rings. The lowest BCUT2D eigenvalue weighted by molar-refractivity contribution is 0.0970. The number of hydrogen-bond donors (Lipinski definition) is 1. The Morgan fingerprint density at radius 3 is 2.57 bits per heavy atom. The molecule has 3 nitrogen and oxygen atoms in total. The van der Waals surface area contributed by atoms with E-state index in [-0.39, 0.29) is 0 Å². The molecular formula is C17H29N3S. The molecule has 2 aliphatic rings. The second kappa shape index (κ2) is 7.23. The van der Waals surface area contributed by atoms with Gasteiger partial charge in [0.25, 0.3) is 0 Å². The van der Waals surface area contributed by atoms with Crippen molar-refractivity contribution in [2.45, 2.75) is 58.3 Å². The lowest BCUT2D eigenvalue weighted by Crippen LogP contribution is -2.48. The molecule has 118 valence electrons. The topological polar surface area (TPSA) is 18.5 Å². The van der Waals surface area contributed by atoms with Crippen molar-refractivity contribution in [1.82, 2.24) is 15.1 Å². The fourth-order valence-corrected chi connectivity index (χ4v) is 3.99. The lowest BCUT2D eigenvalue weighted by atomic mass is 10.2. The lowest BCUT2D eigenvalue weighted by Gasteiger charge is -2.37. The van der Waals surface area contributed by atoms with Gasteiger partial charge in [-0.1, -0.05) is 6.92 Å². The van der Waals surface area contributed by atoms with E-state index in [0.717, 1.165) is 25.2 Å². The summed E-state index contributed by atoms with van der Waals surface area (Å²) < 4.78 is 0. The second-order valence-electron chi connectivity index (χ2n) is 6.59. The van der Waals surface area contributed by atoms with Gasteiger partial charge in [0.2, 0.25) is 0 Å². The van der Waals surface area contributed by atoms with Crippen molar-refractivity contribution in [3.8, 4) is 0 Å². The van der Waals surface area contributed by atoms with E-state index in [1.807, 2.05) is 11.3 Å². The Balaban J connectivity index is 1.42. The summed E-state index contributed by atoms with van der Waals surface area (Å²) in [7, 11) is 0. The third-order valence-electron chi connectivity index (χ3n) is 4.86. The zero-order valence-electron chi connectivity index (χ0n) is 13.5. The number of hydrogen-bond acceptors (Lipinski definition) is 4. The predicted octanol–water partition coefficient (Wildman–Crippen LogP) is 2.92. The molecular weight excluding hydrogens is 278 g/mol. The van der Waals surface area contributed by atoms with Crippen molar-refractivity contribution < 1.29 is 0 Å². The van der Waals surface area contributed by atoms with Gasteiger partial charge in [0.15, 0.2) is 0 Å². The summed E-state index contributed by atoms with van der Waals surface area (Å²) in [5.74, 6) is 0. The van der Waals surface area contributed by atoms with E-state index in [1.54, 1.807) is 0 Å². The van der Waals surface area contributed by atoms with Crippen molar-refractivity contribution in [1.29, 1.82) is 0 Å². The first-order valence-electron chi connectivity index (χ1n) is 8.52.